The number of methoxy groups -OCH3 is 1. The molecule has 0 saturated carbocycles. The molecule has 0 unspecified atom stereocenters. The van der Waals surface area contributed by atoms with Crippen LogP contribution < -0.4 is 10.1 Å². The molecule has 0 saturated heterocycles. The first kappa shape index (κ1) is 21.4. The van der Waals surface area contributed by atoms with Crippen LogP contribution in [-0.2, 0) is 25.7 Å². The summed E-state index contributed by atoms with van der Waals surface area (Å²) in [4.78, 5) is 46.0. The van der Waals surface area contributed by atoms with Gasteiger partial charge in [-0.2, -0.15) is 0 Å². The number of hydrogen-bond donors (Lipinski definition) is 1. The van der Waals surface area contributed by atoms with Gasteiger partial charge in [-0.3, -0.25) is 14.9 Å². The van der Waals surface area contributed by atoms with Gasteiger partial charge in [0.05, 0.1) is 18.5 Å². The Bertz CT molecular complexity index is 868. The summed E-state index contributed by atoms with van der Waals surface area (Å²) >= 11 is 0. The number of alkyl carbamates (subject to hydrolysis) is 1. The van der Waals surface area contributed by atoms with Crippen LogP contribution in [0, 0.1) is 10.1 Å². The Morgan fingerprint density at radius 1 is 1.07 bits per heavy atom. The Labute approximate surface area is 165 Å². The largest absolute Gasteiger partial charge is 0.469 e. The first-order valence-corrected chi connectivity index (χ1v) is 8.39. The van der Waals surface area contributed by atoms with Crippen molar-refractivity contribution in [2.45, 2.75) is 19.1 Å². The number of nitro benzene ring substituents is 1. The van der Waals surface area contributed by atoms with Gasteiger partial charge in [-0.05, 0) is 17.7 Å². The molecule has 10 heteroatoms. The van der Waals surface area contributed by atoms with Crippen LogP contribution in [0.2, 0.25) is 0 Å². The summed E-state index contributed by atoms with van der Waals surface area (Å²) in [6.45, 7) is -0.0327. The van der Waals surface area contributed by atoms with Crippen LogP contribution in [-0.4, -0.2) is 36.1 Å². The van der Waals surface area contributed by atoms with E-state index >= 15 is 0 Å². The molecule has 0 aliphatic carbocycles. The average Bonchev–Trinajstić information content (AvgIpc) is 2.72. The zero-order valence-electron chi connectivity index (χ0n) is 15.4. The van der Waals surface area contributed by atoms with E-state index in [1.54, 1.807) is 24.3 Å². The van der Waals surface area contributed by atoms with E-state index in [9.17, 15) is 24.5 Å². The van der Waals surface area contributed by atoms with Crippen molar-refractivity contribution in [3.05, 3.63) is 70.3 Å². The van der Waals surface area contributed by atoms with Crippen LogP contribution in [0.15, 0.2) is 54.6 Å². The molecule has 0 bridgehead atoms. The smallest absolute Gasteiger partial charge is 0.408 e. The summed E-state index contributed by atoms with van der Waals surface area (Å²) in [5, 5.41) is 12.9. The van der Waals surface area contributed by atoms with Gasteiger partial charge in [-0.25, -0.2) is 9.59 Å². The third-order valence-corrected chi connectivity index (χ3v) is 3.65. The second kappa shape index (κ2) is 10.4. The number of nitro groups is 1. The molecule has 0 spiro atoms. The van der Waals surface area contributed by atoms with E-state index in [1.807, 2.05) is 6.07 Å². The van der Waals surface area contributed by atoms with E-state index < -0.39 is 35.4 Å². The Morgan fingerprint density at radius 3 is 2.31 bits per heavy atom. The van der Waals surface area contributed by atoms with Crippen LogP contribution in [0.1, 0.15) is 12.0 Å². The average molecular weight is 402 g/mol. The van der Waals surface area contributed by atoms with Crippen molar-refractivity contribution in [3.8, 4) is 5.75 Å². The highest BCUT2D eigenvalue weighted by molar-refractivity contribution is 5.87. The maximum Gasteiger partial charge on any atom is 0.408 e. The number of rotatable bonds is 8. The second-order valence-electron chi connectivity index (χ2n) is 5.71. The van der Waals surface area contributed by atoms with Crippen molar-refractivity contribution in [1.29, 1.82) is 0 Å². The Kier molecular flexibility index (Phi) is 7.66. The topological polar surface area (TPSA) is 134 Å². The Hall–Kier alpha value is -3.95. The molecule has 0 aromatic heterocycles. The number of carbonyl (C=O) groups excluding carboxylic acids is 3. The van der Waals surface area contributed by atoms with Gasteiger partial charge >= 0.3 is 18.0 Å². The number of nitrogens with zero attached hydrogens (tertiary/aromatic N) is 1. The molecule has 0 radical (unpaired) electrons. The van der Waals surface area contributed by atoms with Gasteiger partial charge in [0.1, 0.15) is 18.4 Å². The number of esters is 2. The minimum Gasteiger partial charge on any atom is -0.469 e. The van der Waals surface area contributed by atoms with E-state index in [0.29, 0.717) is 0 Å². The number of carbonyl (C=O) groups is 3. The zero-order chi connectivity index (χ0) is 21.2. The highest BCUT2D eigenvalue weighted by Gasteiger charge is 2.27. The van der Waals surface area contributed by atoms with E-state index in [4.69, 9.17) is 9.47 Å². The normalized spacial score (nSPS) is 11.1. The molecular weight excluding hydrogens is 384 g/mol. The standard InChI is InChI=1S/C19H18N2O8/c1-27-17(22)11-16(20-19(24)28-12-13-5-3-2-4-6-13)18(23)29-15-9-7-14(8-10-15)21(25)26/h2-10,16H,11-12H2,1H3,(H,20,24)/t16-/m0/s1. The second-order valence-corrected chi connectivity index (χ2v) is 5.71. The molecular formula is C19H18N2O8. The van der Waals surface area contributed by atoms with Crippen LogP contribution in [0.3, 0.4) is 0 Å². The van der Waals surface area contributed by atoms with Crippen molar-refractivity contribution in [3.63, 3.8) is 0 Å². The molecule has 2 aromatic carbocycles. The fourth-order valence-corrected chi connectivity index (χ4v) is 2.17. The van der Waals surface area contributed by atoms with Crippen molar-refractivity contribution in [2.75, 3.05) is 7.11 Å². The number of nitrogens with one attached hydrogen (secondary N) is 1. The van der Waals surface area contributed by atoms with Crippen molar-refractivity contribution in [2.24, 2.45) is 0 Å². The predicted molar refractivity (Wildman–Crippen MR) is 98.9 cm³/mol. The third-order valence-electron chi connectivity index (χ3n) is 3.65. The summed E-state index contributed by atoms with van der Waals surface area (Å²) < 4.78 is 14.6. The molecule has 1 N–H and O–H groups in total. The molecule has 0 heterocycles. The number of amides is 1. The fourth-order valence-electron chi connectivity index (χ4n) is 2.17. The zero-order valence-corrected chi connectivity index (χ0v) is 15.4. The van der Waals surface area contributed by atoms with E-state index in [-0.39, 0.29) is 18.0 Å². The van der Waals surface area contributed by atoms with Gasteiger partial charge in [0.15, 0.2) is 0 Å². The first-order chi connectivity index (χ1) is 13.9. The third kappa shape index (κ3) is 6.94. The maximum atomic E-state index is 12.4. The monoisotopic (exact) mass is 402 g/mol. The molecule has 0 fully saturated rings. The molecule has 0 aliphatic heterocycles. The van der Waals surface area contributed by atoms with Gasteiger partial charge in [0, 0.05) is 12.1 Å². The van der Waals surface area contributed by atoms with Crippen molar-refractivity contribution in [1.82, 2.24) is 5.32 Å². The molecule has 1 atom stereocenters. The lowest BCUT2D eigenvalue weighted by atomic mass is 10.2. The molecule has 0 aliphatic rings. The summed E-state index contributed by atoms with van der Waals surface area (Å²) in [6.07, 6.45) is -1.41. The van der Waals surface area contributed by atoms with E-state index in [2.05, 4.69) is 10.1 Å². The maximum absolute atomic E-state index is 12.4. The van der Waals surface area contributed by atoms with Crippen molar-refractivity contribution >= 4 is 23.7 Å². The van der Waals surface area contributed by atoms with Crippen LogP contribution in [0.4, 0.5) is 10.5 Å². The van der Waals surface area contributed by atoms with Gasteiger partial charge in [0.25, 0.3) is 5.69 Å². The highest BCUT2D eigenvalue weighted by atomic mass is 16.6. The Morgan fingerprint density at radius 2 is 1.72 bits per heavy atom. The lowest BCUT2D eigenvalue weighted by molar-refractivity contribution is -0.384. The Balaban J connectivity index is 1.99. The SMILES string of the molecule is COC(=O)C[C@H](NC(=O)OCc1ccccc1)C(=O)Oc1ccc([N+](=O)[O-])cc1. The number of hydrogen-bond acceptors (Lipinski definition) is 8. The molecule has 1 amide bonds. The van der Waals surface area contributed by atoms with Crippen LogP contribution in [0.25, 0.3) is 0 Å². The fraction of sp³-hybridized carbons (Fsp3) is 0.211. The quantitative estimate of drug-likeness (QED) is 0.308. The van der Waals surface area contributed by atoms with Gasteiger partial charge in [0.2, 0.25) is 0 Å². The van der Waals surface area contributed by atoms with Crippen LogP contribution >= 0.6 is 0 Å². The summed E-state index contributed by atoms with van der Waals surface area (Å²) in [5.74, 6) is -1.70. The molecule has 10 nitrogen and oxygen atoms in total. The lowest BCUT2D eigenvalue weighted by Crippen LogP contribution is -2.44. The molecule has 2 aromatic rings. The highest BCUT2D eigenvalue weighted by Crippen LogP contribution is 2.18. The molecule has 152 valence electrons. The lowest BCUT2D eigenvalue weighted by Gasteiger charge is -2.16. The number of benzene rings is 2. The summed E-state index contributed by atoms with van der Waals surface area (Å²) in [6, 6.07) is 12.2. The number of ether oxygens (including phenoxy) is 3. The van der Waals surface area contributed by atoms with Crippen LogP contribution in [0.5, 0.6) is 5.75 Å². The summed E-state index contributed by atoms with van der Waals surface area (Å²) in [7, 11) is 1.13. The van der Waals surface area contributed by atoms with E-state index in [1.165, 1.54) is 12.1 Å². The summed E-state index contributed by atoms with van der Waals surface area (Å²) in [5.41, 5.74) is 0.555. The minimum atomic E-state index is -1.37. The van der Waals surface area contributed by atoms with Crippen molar-refractivity contribution < 1.29 is 33.5 Å². The molecule has 2 rings (SSSR count). The minimum absolute atomic E-state index is 0.00918. The first-order valence-electron chi connectivity index (χ1n) is 8.39. The van der Waals surface area contributed by atoms with Gasteiger partial charge in [-0.1, -0.05) is 30.3 Å². The van der Waals surface area contributed by atoms with Gasteiger partial charge in [-0.15, -0.1) is 0 Å². The number of non-ortho nitro benzene ring substituents is 1. The van der Waals surface area contributed by atoms with Gasteiger partial charge < -0.3 is 19.5 Å². The molecule has 29 heavy (non-hydrogen) atoms. The predicted octanol–water partition coefficient (Wildman–Crippen LogP) is 2.36. The van der Waals surface area contributed by atoms with E-state index in [0.717, 1.165) is 24.8 Å².